The van der Waals surface area contributed by atoms with E-state index in [4.69, 9.17) is 5.11 Å². The summed E-state index contributed by atoms with van der Waals surface area (Å²) >= 11 is 3.52. The van der Waals surface area contributed by atoms with Crippen molar-refractivity contribution in [2.24, 2.45) is 0 Å². The van der Waals surface area contributed by atoms with Crippen LogP contribution in [-0.2, 0) is 0 Å². The van der Waals surface area contributed by atoms with Crippen LogP contribution in [0, 0.1) is 0 Å². The van der Waals surface area contributed by atoms with E-state index < -0.39 is 5.97 Å². The van der Waals surface area contributed by atoms with Crippen LogP contribution >= 0.6 is 23.5 Å². The second-order valence-corrected chi connectivity index (χ2v) is 6.65. The highest BCUT2D eigenvalue weighted by molar-refractivity contribution is 8.00. The molecule has 0 aliphatic carbocycles. The van der Waals surface area contributed by atoms with Gasteiger partial charge in [0, 0.05) is 28.5 Å². The summed E-state index contributed by atoms with van der Waals surface area (Å²) in [6.45, 7) is 0. The third-order valence-electron chi connectivity index (χ3n) is 3.21. The first-order chi connectivity index (χ1) is 9.74. The lowest BCUT2D eigenvalue weighted by Crippen LogP contribution is -2.01. The summed E-state index contributed by atoms with van der Waals surface area (Å²) in [4.78, 5) is 16.5. The highest BCUT2D eigenvalue weighted by Crippen LogP contribution is 2.41. The summed E-state index contributed by atoms with van der Waals surface area (Å²) in [5.41, 5.74) is 1.70. The Labute approximate surface area is 125 Å². The Balaban J connectivity index is 1.69. The molecule has 1 aliphatic heterocycles. The summed E-state index contributed by atoms with van der Waals surface area (Å²) in [6, 6.07) is 11.6. The monoisotopic (exact) mass is 303 g/mol. The Morgan fingerprint density at radius 2 is 2.25 bits per heavy atom. The Hall–Kier alpha value is -1.46. The number of fused-ring (bicyclic) bond motifs is 1. The van der Waals surface area contributed by atoms with E-state index in [1.165, 1.54) is 16.5 Å². The molecular weight excluding hydrogens is 290 g/mol. The molecule has 0 saturated carbocycles. The van der Waals surface area contributed by atoms with Crippen molar-refractivity contribution < 1.29 is 9.90 Å². The van der Waals surface area contributed by atoms with Crippen molar-refractivity contribution >= 4 is 29.5 Å². The third-order valence-corrected chi connectivity index (χ3v) is 5.55. The Bertz CT molecular complexity index is 645. The van der Waals surface area contributed by atoms with Crippen LogP contribution in [0.4, 0.5) is 0 Å². The lowest BCUT2D eigenvalue weighted by Gasteiger charge is -2.09. The van der Waals surface area contributed by atoms with Gasteiger partial charge in [-0.15, -0.1) is 23.5 Å². The maximum atomic E-state index is 10.9. The molecule has 2 aromatic rings. The first kappa shape index (κ1) is 13.5. The normalized spacial score (nSPS) is 16.9. The third kappa shape index (κ3) is 2.83. The van der Waals surface area contributed by atoms with Gasteiger partial charge in [-0.3, -0.25) is 0 Å². The number of rotatable bonds is 4. The highest BCUT2D eigenvalue weighted by Gasteiger charge is 2.22. The molecule has 5 heteroatoms. The number of hydrogen-bond donors (Lipinski definition) is 1. The molecule has 2 heterocycles. The zero-order chi connectivity index (χ0) is 13.9. The minimum atomic E-state index is -0.906. The topological polar surface area (TPSA) is 50.2 Å². The van der Waals surface area contributed by atoms with E-state index in [0.29, 0.717) is 11.5 Å². The number of carbonyl (C=O) groups is 1. The number of benzene rings is 1. The summed E-state index contributed by atoms with van der Waals surface area (Å²) in [5, 5.41) is 9.76. The fourth-order valence-electron chi connectivity index (χ4n) is 2.17. The molecule has 3 rings (SSSR count). The van der Waals surface area contributed by atoms with Gasteiger partial charge in [-0.2, -0.15) is 0 Å². The van der Waals surface area contributed by atoms with Gasteiger partial charge in [0.15, 0.2) is 0 Å². The van der Waals surface area contributed by atoms with E-state index in [0.717, 1.165) is 16.5 Å². The van der Waals surface area contributed by atoms with E-state index in [1.807, 2.05) is 11.8 Å². The first-order valence-electron chi connectivity index (χ1n) is 6.28. The highest BCUT2D eigenvalue weighted by atomic mass is 32.2. The van der Waals surface area contributed by atoms with Crippen molar-refractivity contribution in [2.75, 3.05) is 11.5 Å². The van der Waals surface area contributed by atoms with Crippen LogP contribution in [0.2, 0.25) is 0 Å². The van der Waals surface area contributed by atoms with Crippen molar-refractivity contribution in [3.8, 4) is 0 Å². The van der Waals surface area contributed by atoms with Gasteiger partial charge in [-0.25, -0.2) is 9.78 Å². The molecule has 0 bridgehead atoms. The molecule has 3 nitrogen and oxygen atoms in total. The van der Waals surface area contributed by atoms with E-state index in [-0.39, 0.29) is 0 Å². The predicted octanol–water partition coefficient (Wildman–Crippen LogP) is 3.76. The number of thioether (sulfide) groups is 2. The molecule has 1 unspecified atom stereocenters. The fraction of sp³-hybridized carbons (Fsp3) is 0.200. The average molecular weight is 303 g/mol. The Morgan fingerprint density at radius 1 is 1.40 bits per heavy atom. The van der Waals surface area contributed by atoms with Gasteiger partial charge in [0.05, 0.1) is 10.6 Å². The smallest absolute Gasteiger partial charge is 0.335 e. The van der Waals surface area contributed by atoms with Gasteiger partial charge in [0.25, 0.3) is 0 Å². The van der Waals surface area contributed by atoms with E-state index >= 15 is 0 Å². The van der Waals surface area contributed by atoms with Crippen molar-refractivity contribution in [3.63, 3.8) is 0 Å². The van der Waals surface area contributed by atoms with Crippen molar-refractivity contribution in [2.45, 2.75) is 15.8 Å². The summed E-state index contributed by atoms with van der Waals surface area (Å²) in [7, 11) is 0. The number of aromatic carboxylic acids is 1. The van der Waals surface area contributed by atoms with Crippen LogP contribution in [0.25, 0.3) is 0 Å². The Kier molecular flexibility index (Phi) is 3.98. The quantitative estimate of drug-likeness (QED) is 0.872. The number of hydrogen-bond acceptors (Lipinski definition) is 4. The average Bonchev–Trinajstić information content (AvgIpc) is 2.89. The van der Waals surface area contributed by atoms with Crippen LogP contribution in [0.5, 0.6) is 0 Å². The van der Waals surface area contributed by atoms with Gasteiger partial charge in [0.1, 0.15) is 0 Å². The van der Waals surface area contributed by atoms with Gasteiger partial charge >= 0.3 is 5.97 Å². The molecule has 1 atom stereocenters. The molecule has 20 heavy (non-hydrogen) atoms. The van der Waals surface area contributed by atoms with Crippen LogP contribution in [0.3, 0.4) is 0 Å². The van der Waals surface area contributed by atoms with E-state index in [9.17, 15) is 4.79 Å². The second kappa shape index (κ2) is 5.89. The van der Waals surface area contributed by atoms with Gasteiger partial charge < -0.3 is 5.11 Å². The summed E-state index contributed by atoms with van der Waals surface area (Å²) < 4.78 is 0. The van der Waals surface area contributed by atoms with Gasteiger partial charge in [-0.1, -0.05) is 18.2 Å². The second-order valence-electron chi connectivity index (χ2n) is 4.54. The van der Waals surface area contributed by atoms with E-state index in [2.05, 4.69) is 29.2 Å². The molecule has 0 spiro atoms. The fourth-order valence-corrected chi connectivity index (χ4v) is 4.59. The number of carboxylic acids is 1. The van der Waals surface area contributed by atoms with Gasteiger partial charge in [0.2, 0.25) is 0 Å². The largest absolute Gasteiger partial charge is 0.478 e. The zero-order valence-corrected chi connectivity index (χ0v) is 12.3. The molecule has 0 radical (unpaired) electrons. The maximum absolute atomic E-state index is 10.9. The molecule has 0 fully saturated rings. The van der Waals surface area contributed by atoms with E-state index in [1.54, 1.807) is 24.0 Å². The number of pyridine rings is 1. The Morgan fingerprint density at radius 3 is 3.10 bits per heavy atom. The molecule has 1 N–H and O–H groups in total. The molecule has 1 aliphatic rings. The lowest BCUT2D eigenvalue weighted by atomic mass is 10.0. The van der Waals surface area contributed by atoms with Crippen molar-refractivity contribution in [1.29, 1.82) is 0 Å². The first-order valence-corrected chi connectivity index (χ1v) is 8.25. The number of aromatic nitrogens is 1. The SMILES string of the molecule is O=C(O)c1ccnc(SCC2CSc3ccccc32)c1. The van der Waals surface area contributed by atoms with Crippen LogP contribution in [0.1, 0.15) is 21.8 Å². The molecular formula is C15H13NO2S2. The molecule has 0 amide bonds. The minimum Gasteiger partial charge on any atom is -0.478 e. The summed E-state index contributed by atoms with van der Waals surface area (Å²) in [6.07, 6.45) is 1.56. The van der Waals surface area contributed by atoms with Crippen LogP contribution in [0.15, 0.2) is 52.5 Å². The molecule has 1 aromatic carbocycles. The van der Waals surface area contributed by atoms with Crippen molar-refractivity contribution in [1.82, 2.24) is 4.98 Å². The molecule has 102 valence electrons. The van der Waals surface area contributed by atoms with Gasteiger partial charge in [-0.05, 0) is 23.8 Å². The standard InChI is InChI=1S/C15H13NO2S2/c17-15(18)10-5-6-16-14(7-10)20-9-11-8-19-13-4-2-1-3-12(11)13/h1-7,11H,8-9H2,(H,17,18). The molecule has 1 aromatic heterocycles. The van der Waals surface area contributed by atoms with Crippen molar-refractivity contribution in [3.05, 3.63) is 53.7 Å². The predicted molar refractivity (Wildman–Crippen MR) is 81.8 cm³/mol. The lowest BCUT2D eigenvalue weighted by molar-refractivity contribution is 0.0696. The number of carboxylic acid groups (broad SMARTS) is 1. The van der Waals surface area contributed by atoms with Crippen LogP contribution < -0.4 is 0 Å². The number of nitrogens with zero attached hydrogens (tertiary/aromatic N) is 1. The minimum absolute atomic E-state index is 0.295. The maximum Gasteiger partial charge on any atom is 0.335 e. The zero-order valence-electron chi connectivity index (χ0n) is 10.7. The van der Waals surface area contributed by atoms with Crippen LogP contribution in [-0.4, -0.2) is 27.6 Å². The molecule has 0 saturated heterocycles. The summed E-state index contributed by atoms with van der Waals surface area (Å²) in [5.74, 6) is 1.62.